The molecule has 2 aliphatic heterocycles. The molecule has 2 fully saturated rings. The number of likely N-dealkylation sites (tertiary alicyclic amines) is 1. The van der Waals surface area contributed by atoms with E-state index in [1.807, 2.05) is 4.31 Å². The Kier molecular flexibility index (Phi) is 4.41. The van der Waals surface area contributed by atoms with Crippen molar-refractivity contribution in [2.45, 2.75) is 44.2 Å². The molecule has 0 radical (unpaired) electrons. The van der Waals surface area contributed by atoms with Crippen LogP contribution in [0.3, 0.4) is 0 Å². The van der Waals surface area contributed by atoms with E-state index >= 15 is 0 Å². The Morgan fingerprint density at radius 1 is 1.24 bits per heavy atom. The van der Waals surface area contributed by atoms with Gasteiger partial charge in [-0.1, -0.05) is 12.5 Å². The second-order valence-electron chi connectivity index (χ2n) is 6.41. The molecule has 3 rings (SSSR count). The lowest BCUT2D eigenvalue weighted by atomic mass is 9.81. The smallest absolute Gasteiger partial charge is 0.211 e. The van der Waals surface area contributed by atoms with Crippen LogP contribution in [0.1, 0.15) is 37.0 Å². The molecular weight excluding hydrogens is 304 g/mol. The molecule has 1 atom stereocenters. The Hall–Kier alpha value is -0.430. The fourth-order valence-corrected chi connectivity index (χ4v) is 6.11. The monoisotopic (exact) mass is 328 g/mol. The summed E-state index contributed by atoms with van der Waals surface area (Å²) in [5.74, 6) is 0. The second kappa shape index (κ2) is 5.99. The van der Waals surface area contributed by atoms with Crippen LogP contribution in [0.15, 0.2) is 17.5 Å². The first-order valence-corrected chi connectivity index (χ1v) is 10.5. The predicted octanol–water partition coefficient (Wildman–Crippen LogP) is 2.53. The average molecular weight is 329 g/mol. The summed E-state index contributed by atoms with van der Waals surface area (Å²) in [6.07, 6.45) is 6.65. The van der Waals surface area contributed by atoms with Gasteiger partial charge in [-0.15, -0.1) is 11.3 Å². The Morgan fingerprint density at radius 3 is 2.76 bits per heavy atom. The fourth-order valence-electron chi connectivity index (χ4n) is 3.96. The lowest BCUT2D eigenvalue weighted by Crippen LogP contribution is -2.61. The molecule has 2 aliphatic rings. The normalized spacial score (nSPS) is 29.0. The lowest BCUT2D eigenvalue weighted by molar-refractivity contribution is 0.0341. The van der Waals surface area contributed by atoms with E-state index in [0.717, 1.165) is 51.7 Å². The van der Waals surface area contributed by atoms with Gasteiger partial charge in [-0.3, -0.25) is 4.90 Å². The zero-order chi connectivity index (χ0) is 14.9. The van der Waals surface area contributed by atoms with Gasteiger partial charge in [-0.25, -0.2) is 8.42 Å². The molecule has 2 saturated heterocycles. The van der Waals surface area contributed by atoms with Gasteiger partial charge in [0.25, 0.3) is 0 Å². The van der Waals surface area contributed by atoms with Crippen molar-refractivity contribution in [3.05, 3.63) is 22.4 Å². The molecule has 0 saturated carbocycles. The minimum Gasteiger partial charge on any atom is -0.296 e. The van der Waals surface area contributed by atoms with E-state index in [-0.39, 0.29) is 5.54 Å². The van der Waals surface area contributed by atoms with E-state index in [2.05, 4.69) is 22.4 Å². The Labute approximate surface area is 131 Å². The summed E-state index contributed by atoms with van der Waals surface area (Å²) >= 11 is 1.78. The molecule has 0 amide bonds. The van der Waals surface area contributed by atoms with E-state index in [9.17, 15) is 8.42 Å². The molecule has 1 spiro atoms. The number of sulfonamides is 1. The number of thiophene rings is 1. The number of nitrogens with zero attached hydrogens (tertiary/aromatic N) is 2. The summed E-state index contributed by atoms with van der Waals surface area (Å²) in [5, 5.41) is 2.11. The van der Waals surface area contributed by atoms with Crippen molar-refractivity contribution in [2.75, 3.05) is 25.9 Å². The first-order chi connectivity index (χ1) is 10.00. The van der Waals surface area contributed by atoms with Crippen molar-refractivity contribution in [3.63, 3.8) is 0 Å². The quantitative estimate of drug-likeness (QED) is 0.856. The lowest BCUT2D eigenvalue weighted by Gasteiger charge is -2.51. The maximum atomic E-state index is 12.2. The van der Waals surface area contributed by atoms with Gasteiger partial charge in [-0.2, -0.15) is 4.31 Å². The van der Waals surface area contributed by atoms with Crippen molar-refractivity contribution in [2.24, 2.45) is 0 Å². The highest BCUT2D eigenvalue weighted by molar-refractivity contribution is 7.88. The molecule has 4 nitrogen and oxygen atoms in total. The van der Waals surface area contributed by atoms with Gasteiger partial charge >= 0.3 is 0 Å². The van der Waals surface area contributed by atoms with Crippen molar-refractivity contribution >= 4 is 21.4 Å². The number of hydrogen-bond acceptors (Lipinski definition) is 4. The van der Waals surface area contributed by atoms with E-state index in [0.29, 0.717) is 6.54 Å². The van der Waals surface area contributed by atoms with E-state index in [1.54, 1.807) is 11.3 Å². The van der Waals surface area contributed by atoms with Gasteiger partial charge < -0.3 is 0 Å². The zero-order valence-corrected chi connectivity index (χ0v) is 14.3. The summed E-state index contributed by atoms with van der Waals surface area (Å²) in [4.78, 5) is 3.81. The van der Waals surface area contributed by atoms with Gasteiger partial charge in [0.05, 0.1) is 6.26 Å². The average Bonchev–Trinajstić information content (AvgIpc) is 2.91. The molecule has 1 aromatic heterocycles. The highest BCUT2D eigenvalue weighted by Crippen LogP contribution is 2.38. The van der Waals surface area contributed by atoms with Gasteiger partial charge in [0.2, 0.25) is 10.0 Å². The predicted molar refractivity (Wildman–Crippen MR) is 87.0 cm³/mol. The van der Waals surface area contributed by atoms with Crippen LogP contribution in [0.25, 0.3) is 0 Å². The summed E-state index contributed by atoms with van der Waals surface area (Å²) in [6.45, 7) is 3.62. The third-order valence-electron chi connectivity index (χ3n) is 4.78. The summed E-state index contributed by atoms with van der Waals surface area (Å²) in [7, 11) is -3.11. The standard InChI is InChI=1S/C15H24N2O2S2/c1-21(18,19)17-10-3-2-7-15(17)8-5-9-16(13-15)12-14-6-4-11-20-14/h4,6,11H,2-3,5,7-10,12-13H2,1H3. The summed E-state index contributed by atoms with van der Waals surface area (Å²) in [5.41, 5.74) is -0.151. The van der Waals surface area contributed by atoms with Crippen LogP contribution in [0, 0.1) is 0 Å². The molecule has 1 unspecified atom stereocenters. The van der Waals surface area contributed by atoms with Crippen molar-refractivity contribution in [1.29, 1.82) is 0 Å². The highest BCUT2D eigenvalue weighted by Gasteiger charge is 2.45. The van der Waals surface area contributed by atoms with Crippen LogP contribution < -0.4 is 0 Å². The molecule has 0 aromatic carbocycles. The summed E-state index contributed by atoms with van der Waals surface area (Å²) in [6, 6.07) is 4.25. The van der Waals surface area contributed by atoms with Crippen molar-refractivity contribution in [3.8, 4) is 0 Å². The first-order valence-electron chi connectivity index (χ1n) is 7.72. The Morgan fingerprint density at radius 2 is 2.05 bits per heavy atom. The zero-order valence-electron chi connectivity index (χ0n) is 12.6. The number of hydrogen-bond donors (Lipinski definition) is 0. The number of rotatable bonds is 3. The molecule has 3 heterocycles. The minimum atomic E-state index is -3.11. The second-order valence-corrected chi connectivity index (χ2v) is 9.35. The van der Waals surface area contributed by atoms with E-state index in [1.165, 1.54) is 11.1 Å². The first kappa shape index (κ1) is 15.5. The molecule has 0 aliphatic carbocycles. The fraction of sp³-hybridized carbons (Fsp3) is 0.733. The molecule has 6 heteroatoms. The minimum absolute atomic E-state index is 0.151. The van der Waals surface area contributed by atoms with Crippen LogP contribution in [0.4, 0.5) is 0 Å². The summed E-state index contributed by atoms with van der Waals surface area (Å²) < 4.78 is 26.2. The third-order valence-corrected chi connectivity index (χ3v) is 7.01. The van der Waals surface area contributed by atoms with Crippen LogP contribution in [-0.2, 0) is 16.6 Å². The molecule has 0 N–H and O–H groups in total. The maximum Gasteiger partial charge on any atom is 0.211 e. The highest BCUT2D eigenvalue weighted by atomic mass is 32.2. The molecular formula is C15H24N2O2S2. The molecule has 118 valence electrons. The molecule has 1 aromatic rings. The molecule has 21 heavy (non-hydrogen) atoms. The van der Waals surface area contributed by atoms with Crippen LogP contribution in [0.2, 0.25) is 0 Å². The van der Waals surface area contributed by atoms with Crippen molar-refractivity contribution in [1.82, 2.24) is 9.21 Å². The van der Waals surface area contributed by atoms with Gasteiger partial charge in [0.1, 0.15) is 0 Å². The van der Waals surface area contributed by atoms with Crippen LogP contribution in [-0.4, -0.2) is 49.1 Å². The van der Waals surface area contributed by atoms with Crippen molar-refractivity contribution < 1.29 is 8.42 Å². The molecule has 0 bridgehead atoms. The SMILES string of the molecule is CS(=O)(=O)N1CCCCC12CCCN(Cc1cccs1)C2. The van der Waals surface area contributed by atoms with Crippen LogP contribution in [0.5, 0.6) is 0 Å². The Bertz CT molecular complexity index is 567. The maximum absolute atomic E-state index is 12.2. The van der Waals surface area contributed by atoms with Crippen LogP contribution >= 0.6 is 11.3 Å². The van der Waals surface area contributed by atoms with E-state index < -0.39 is 10.0 Å². The topological polar surface area (TPSA) is 40.6 Å². The van der Waals surface area contributed by atoms with Gasteiger partial charge in [0.15, 0.2) is 0 Å². The van der Waals surface area contributed by atoms with Gasteiger partial charge in [0, 0.05) is 30.1 Å². The third kappa shape index (κ3) is 3.33. The Balaban J connectivity index is 1.79. The van der Waals surface area contributed by atoms with Gasteiger partial charge in [-0.05, 0) is 43.7 Å². The van der Waals surface area contributed by atoms with E-state index in [4.69, 9.17) is 0 Å². The number of piperidine rings is 2. The largest absolute Gasteiger partial charge is 0.296 e.